The van der Waals surface area contributed by atoms with Gasteiger partial charge in [0.05, 0.1) is 24.5 Å². The molecule has 7 heteroatoms. The van der Waals surface area contributed by atoms with Gasteiger partial charge in [0.2, 0.25) is 0 Å². The third kappa shape index (κ3) is 3.30. The van der Waals surface area contributed by atoms with Gasteiger partial charge in [-0.1, -0.05) is 6.92 Å². The van der Waals surface area contributed by atoms with Crippen molar-refractivity contribution in [1.29, 1.82) is 0 Å². The Morgan fingerprint density at radius 2 is 2.52 bits per heavy atom. The Labute approximate surface area is 122 Å². The van der Waals surface area contributed by atoms with E-state index in [0.717, 1.165) is 38.1 Å². The van der Waals surface area contributed by atoms with E-state index in [4.69, 9.17) is 4.74 Å². The van der Waals surface area contributed by atoms with Crippen LogP contribution in [0.5, 0.6) is 0 Å². The highest BCUT2D eigenvalue weighted by Gasteiger charge is 2.17. The maximum atomic E-state index is 12.0. The van der Waals surface area contributed by atoms with Crippen LogP contribution in [0.25, 0.3) is 0 Å². The number of ether oxygens (including phenoxy) is 1. The summed E-state index contributed by atoms with van der Waals surface area (Å²) < 4.78 is 7.37. The third-order valence-corrected chi connectivity index (χ3v) is 3.55. The standard InChI is InChI=1S/C14H19N5O2/c1-2-10-6-13(18-17-10)14(20)16-11-7-15-19(8-11)9-12-4-3-5-21-12/h6-8,12H,2-5,9H2,1H3,(H,16,20)(H,17,18). The number of nitrogens with zero attached hydrogens (tertiary/aromatic N) is 3. The van der Waals surface area contributed by atoms with Crippen molar-refractivity contribution < 1.29 is 9.53 Å². The van der Waals surface area contributed by atoms with Gasteiger partial charge in [0.15, 0.2) is 5.69 Å². The molecule has 2 aromatic heterocycles. The molecule has 2 N–H and O–H groups in total. The van der Waals surface area contributed by atoms with Gasteiger partial charge in [0, 0.05) is 18.5 Å². The number of carbonyl (C=O) groups is 1. The van der Waals surface area contributed by atoms with Crippen molar-refractivity contribution in [2.45, 2.75) is 38.8 Å². The Kier molecular flexibility index (Phi) is 4.01. The average Bonchev–Trinajstić information content (AvgIpc) is 3.20. The Bertz CT molecular complexity index is 612. The van der Waals surface area contributed by atoms with Crippen LogP contribution in [0.2, 0.25) is 0 Å². The van der Waals surface area contributed by atoms with E-state index in [1.165, 1.54) is 0 Å². The normalized spacial score (nSPS) is 18.0. The van der Waals surface area contributed by atoms with Crippen molar-refractivity contribution in [3.05, 3.63) is 29.8 Å². The van der Waals surface area contributed by atoms with Gasteiger partial charge in [-0.2, -0.15) is 10.2 Å². The maximum Gasteiger partial charge on any atom is 0.276 e. The molecule has 3 heterocycles. The summed E-state index contributed by atoms with van der Waals surface area (Å²) in [6.07, 6.45) is 6.67. The molecule has 0 aliphatic carbocycles. The second-order valence-electron chi connectivity index (χ2n) is 5.17. The van der Waals surface area contributed by atoms with Crippen LogP contribution in [-0.4, -0.2) is 38.6 Å². The van der Waals surface area contributed by atoms with Crippen molar-refractivity contribution in [2.24, 2.45) is 0 Å². The first kappa shape index (κ1) is 13.8. The fourth-order valence-corrected chi connectivity index (χ4v) is 2.38. The van der Waals surface area contributed by atoms with Gasteiger partial charge in [-0.15, -0.1) is 0 Å². The Morgan fingerprint density at radius 3 is 3.24 bits per heavy atom. The molecule has 1 unspecified atom stereocenters. The molecule has 112 valence electrons. The van der Waals surface area contributed by atoms with Crippen molar-refractivity contribution >= 4 is 11.6 Å². The zero-order chi connectivity index (χ0) is 14.7. The molecule has 7 nitrogen and oxygen atoms in total. The molecule has 0 saturated carbocycles. The molecular weight excluding hydrogens is 270 g/mol. The van der Waals surface area contributed by atoms with Crippen LogP contribution in [0.1, 0.15) is 35.9 Å². The summed E-state index contributed by atoms with van der Waals surface area (Å²) >= 11 is 0. The van der Waals surface area contributed by atoms with E-state index in [-0.39, 0.29) is 12.0 Å². The van der Waals surface area contributed by atoms with Crippen LogP contribution in [0.4, 0.5) is 5.69 Å². The highest BCUT2D eigenvalue weighted by atomic mass is 16.5. The predicted molar refractivity (Wildman–Crippen MR) is 77.1 cm³/mol. The largest absolute Gasteiger partial charge is 0.376 e. The minimum Gasteiger partial charge on any atom is -0.376 e. The summed E-state index contributed by atoms with van der Waals surface area (Å²) in [5.41, 5.74) is 1.99. The summed E-state index contributed by atoms with van der Waals surface area (Å²) in [4.78, 5) is 12.0. The lowest BCUT2D eigenvalue weighted by molar-refractivity contribution is 0.0940. The lowest BCUT2D eigenvalue weighted by atomic mass is 10.2. The molecule has 1 fully saturated rings. The maximum absolute atomic E-state index is 12.0. The molecule has 1 amide bonds. The van der Waals surface area contributed by atoms with Gasteiger partial charge in [0.1, 0.15) is 0 Å². The van der Waals surface area contributed by atoms with Gasteiger partial charge in [-0.3, -0.25) is 14.6 Å². The molecule has 3 rings (SSSR count). The van der Waals surface area contributed by atoms with E-state index < -0.39 is 0 Å². The van der Waals surface area contributed by atoms with Gasteiger partial charge in [0.25, 0.3) is 5.91 Å². The van der Waals surface area contributed by atoms with Crippen LogP contribution in [0.15, 0.2) is 18.5 Å². The minimum atomic E-state index is -0.234. The van der Waals surface area contributed by atoms with E-state index in [0.29, 0.717) is 11.4 Å². The summed E-state index contributed by atoms with van der Waals surface area (Å²) in [6.45, 7) is 3.55. The number of aromatic nitrogens is 4. The van der Waals surface area contributed by atoms with Crippen molar-refractivity contribution in [3.8, 4) is 0 Å². The topological polar surface area (TPSA) is 84.8 Å². The summed E-state index contributed by atoms with van der Waals surface area (Å²) in [7, 11) is 0. The highest BCUT2D eigenvalue weighted by Crippen LogP contribution is 2.15. The van der Waals surface area contributed by atoms with Gasteiger partial charge >= 0.3 is 0 Å². The van der Waals surface area contributed by atoms with Gasteiger partial charge in [-0.25, -0.2) is 0 Å². The van der Waals surface area contributed by atoms with Crippen molar-refractivity contribution in [2.75, 3.05) is 11.9 Å². The molecular formula is C14H19N5O2. The Morgan fingerprint density at radius 1 is 1.62 bits per heavy atom. The number of carbonyl (C=O) groups excluding carboxylic acids is 1. The lowest BCUT2D eigenvalue weighted by Gasteiger charge is -2.08. The van der Waals surface area contributed by atoms with Crippen molar-refractivity contribution in [1.82, 2.24) is 20.0 Å². The van der Waals surface area contributed by atoms with E-state index >= 15 is 0 Å². The van der Waals surface area contributed by atoms with Crippen molar-refractivity contribution in [3.63, 3.8) is 0 Å². The first-order valence-corrected chi connectivity index (χ1v) is 7.24. The number of aromatic amines is 1. The van der Waals surface area contributed by atoms with Gasteiger partial charge in [-0.05, 0) is 25.3 Å². The third-order valence-electron chi connectivity index (χ3n) is 3.55. The molecule has 0 radical (unpaired) electrons. The zero-order valence-corrected chi connectivity index (χ0v) is 12.0. The molecule has 0 bridgehead atoms. The molecule has 1 saturated heterocycles. The average molecular weight is 289 g/mol. The molecule has 1 aliphatic heterocycles. The minimum absolute atomic E-state index is 0.229. The summed E-state index contributed by atoms with van der Waals surface area (Å²) in [5, 5.41) is 13.9. The van der Waals surface area contributed by atoms with E-state index in [9.17, 15) is 4.79 Å². The fourth-order valence-electron chi connectivity index (χ4n) is 2.38. The number of hydrogen-bond acceptors (Lipinski definition) is 4. The quantitative estimate of drug-likeness (QED) is 0.875. The molecule has 2 aromatic rings. The SMILES string of the molecule is CCc1cc(C(=O)Nc2cnn(CC3CCCO3)c2)n[nH]1. The number of aryl methyl sites for hydroxylation is 1. The van der Waals surface area contributed by atoms with Crippen LogP contribution in [0, 0.1) is 0 Å². The number of amides is 1. The van der Waals surface area contributed by atoms with Gasteiger partial charge < -0.3 is 10.1 Å². The highest BCUT2D eigenvalue weighted by molar-refractivity contribution is 6.02. The van der Waals surface area contributed by atoms with E-state index in [1.807, 2.05) is 13.1 Å². The summed E-state index contributed by atoms with van der Waals surface area (Å²) in [5.74, 6) is -0.234. The first-order valence-electron chi connectivity index (χ1n) is 7.24. The first-order chi connectivity index (χ1) is 10.2. The molecule has 1 aliphatic rings. The number of anilines is 1. The van der Waals surface area contributed by atoms with Crippen LogP contribution in [-0.2, 0) is 17.7 Å². The zero-order valence-electron chi connectivity index (χ0n) is 12.0. The fraction of sp³-hybridized carbons (Fsp3) is 0.500. The number of nitrogens with one attached hydrogen (secondary N) is 2. The van der Waals surface area contributed by atoms with Crippen LogP contribution >= 0.6 is 0 Å². The Hall–Kier alpha value is -2.15. The number of rotatable bonds is 5. The Balaban J connectivity index is 1.59. The molecule has 0 spiro atoms. The van der Waals surface area contributed by atoms with Crippen LogP contribution in [0.3, 0.4) is 0 Å². The molecule has 1 atom stereocenters. The smallest absolute Gasteiger partial charge is 0.276 e. The second kappa shape index (κ2) is 6.09. The van der Waals surface area contributed by atoms with Crippen LogP contribution < -0.4 is 5.32 Å². The molecule has 21 heavy (non-hydrogen) atoms. The summed E-state index contributed by atoms with van der Waals surface area (Å²) in [6, 6.07) is 1.76. The van der Waals surface area contributed by atoms with E-state index in [2.05, 4.69) is 20.6 Å². The number of hydrogen-bond donors (Lipinski definition) is 2. The predicted octanol–water partition coefficient (Wildman–Crippen LogP) is 1.60. The lowest BCUT2D eigenvalue weighted by Crippen LogP contribution is -2.15. The second-order valence-corrected chi connectivity index (χ2v) is 5.17. The molecule has 0 aromatic carbocycles. The number of H-pyrrole nitrogens is 1. The monoisotopic (exact) mass is 289 g/mol. The van der Waals surface area contributed by atoms with E-state index in [1.54, 1.807) is 16.9 Å².